The number of aliphatic carboxylic acids is 1. The maximum Gasteiger partial charge on any atom is 0.321 e. The highest BCUT2D eigenvalue weighted by atomic mass is 31.2. The molecule has 0 aliphatic rings. The Hall–Kier alpha value is -1.90. The minimum Gasteiger partial charge on any atom is -0.480 e. The van der Waals surface area contributed by atoms with Crippen molar-refractivity contribution in [2.75, 3.05) is 6.66 Å². The molecule has 22 heavy (non-hydrogen) atoms. The molecule has 0 aromatic heterocycles. The van der Waals surface area contributed by atoms with Crippen LogP contribution in [0.3, 0.4) is 0 Å². The van der Waals surface area contributed by atoms with Crippen LogP contribution in [0.5, 0.6) is 0 Å². The normalized spacial score (nSPS) is 15.2. The molecule has 0 aliphatic carbocycles. The first-order chi connectivity index (χ1) is 10.4. The Labute approximate surface area is 130 Å². The average molecular weight is 317 g/mol. The van der Waals surface area contributed by atoms with E-state index in [1.54, 1.807) is 30.4 Å². The first-order valence-electron chi connectivity index (χ1n) is 7.10. The summed E-state index contributed by atoms with van der Waals surface area (Å²) in [4.78, 5) is 11.4. The first kappa shape index (κ1) is 16.5. The second kappa shape index (κ2) is 6.91. The van der Waals surface area contributed by atoms with Crippen molar-refractivity contribution in [1.82, 2.24) is 4.67 Å². The molecule has 1 N–H and O–H groups in total. The fraction of sp³-hybridized carbons (Fsp3) is 0.235. The minimum absolute atomic E-state index is 0.330. The van der Waals surface area contributed by atoms with Gasteiger partial charge in [0.2, 0.25) is 0 Å². The largest absolute Gasteiger partial charge is 0.480 e. The van der Waals surface area contributed by atoms with Gasteiger partial charge < -0.3 is 9.67 Å². The predicted octanol–water partition coefficient (Wildman–Crippen LogP) is 3.20. The summed E-state index contributed by atoms with van der Waals surface area (Å²) in [7, 11) is -2.98. The number of hydrogen-bond acceptors (Lipinski definition) is 2. The Bertz CT molecular complexity index is 673. The zero-order valence-corrected chi connectivity index (χ0v) is 13.6. The number of benzene rings is 2. The number of hydrogen-bond donors (Lipinski definition) is 1. The molecule has 0 radical (unpaired) electrons. The molecule has 2 aromatic rings. The summed E-state index contributed by atoms with van der Waals surface area (Å²) >= 11 is 0. The fourth-order valence-corrected chi connectivity index (χ4v) is 4.57. The number of carboxylic acid groups (broad SMARTS) is 1. The van der Waals surface area contributed by atoms with Crippen molar-refractivity contribution >= 4 is 18.6 Å². The molecule has 0 spiro atoms. The molecule has 2 atom stereocenters. The van der Waals surface area contributed by atoms with Gasteiger partial charge in [-0.1, -0.05) is 60.7 Å². The van der Waals surface area contributed by atoms with Gasteiger partial charge in [-0.25, -0.2) is 4.67 Å². The molecule has 4 nitrogen and oxygen atoms in total. The average Bonchev–Trinajstić information content (AvgIpc) is 2.53. The molecule has 2 aromatic carbocycles. The molecular weight excluding hydrogens is 297 g/mol. The van der Waals surface area contributed by atoms with Crippen molar-refractivity contribution in [1.29, 1.82) is 0 Å². The molecular formula is C17H20NO3P. The smallest absolute Gasteiger partial charge is 0.321 e. The highest BCUT2D eigenvalue weighted by Gasteiger charge is 2.34. The van der Waals surface area contributed by atoms with Crippen LogP contribution in [0.2, 0.25) is 0 Å². The maximum absolute atomic E-state index is 13.3. The third-order valence-electron chi connectivity index (χ3n) is 3.72. The minimum atomic E-state index is -2.98. The third kappa shape index (κ3) is 3.65. The lowest BCUT2D eigenvalue weighted by molar-refractivity contribution is -0.141. The first-order valence-corrected chi connectivity index (χ1v) is 9.20. The molecule has 0 heterocycles. The highest BCUT2D eigenvalue weighted by Crippen LogP contribution is 2.47. The molecule has 116 valence electrons. The van der Waals surface area contributed by atoms with Crippen molar-refractivity contribution in [2.24, 2.45) is 0 Å². The van der Waals surface area contributed by atoms with Gasteiger partial charge in [-0.05, 0) is 12.5 Å². The summed E-state index contributed by atoms with van der Waals surface area (Å²) in [6.45, 7) is 3.53. The van der Waals surface area contributed by atoms with Gasteiger partial charge in [0.05, 0.1) is 0 Å². The van der Waals surface area contributed by atoms with Gasteiger partial charge >= 0.3 is 5.97 Å². The summed E-state index contributed by atoms with van der Waals surface area (Å²) in [6, 6.07) is 17.7. The summed E-state index contributed by atoms with van der Waals surface area (Å²) in [5, 5.41) is 10.0. The van der Waals surface area contributed by atoms with E-state index in [9.17, 15) is 14.5 Å². The molecule has 0 saturated carbocycles. The van der Waals surface area contributed by atoms with E-state index in [0.29, 0.717) is 11.8 Å². The Balaban J connectivity index is 2.40. The van der Waals surface area contributed by atoms with Crippen LogP contribution in [0.25, 0.3) is 0 Å². The Morgan fingerprint density at radius 2 is 1.59 bits per heavy atom. The summed E-state index contributed by atoms with van der Waals surface area (Å²) in [6.07, 6.45) is 0. The number of carbonyl (C=O) groups is 1. The summed E-state index contributed by atoms with van der Waals surface area (Å²) in [5.41, 5.74) is 0.939. The monoisotopic (exact) mass is 317 g/mol. The van der Waals surface area contributed by atoms with Crippen LogP contribution >= 0.6 is 7.29 Å². The van der Waals surface area contributed by atoms with E-state index in [0.717, 1.165) is 5.56 Å². The molecule has 0 unspecified atom stereocenters. The van der Waals surface area contributed by atoms with Gasteiger partial charge in [-0.2, -0.15) is 0 Å². The van der Waals surface area contributed by atoms with E-state index < -0.39 is 19.3 Å². The Morgan fingerprint density at radius 1 is 1.09 bits per heavy atom. The SMILES string of the molecule is C[C@H](C(=O)O)N(Cc1ccccc1)[P@](C)(=O)c1ccccc1. The zero-order valence-electron chi connectivity index (χ0n) is 12.7. The van der Waals surface area contributed by atoms with E-state index in [4.69, 9.17) is 0 Å². The fourth-order valence-electron chi connectivity index (χ4n) is 2.35. The second-order valence-electron chi connectivity index (χ2n) is 5.31. The standard InChI is InChI=1S/C17H20NO3P/c1-14(17(19)20)18(13-15-9-5-3-6-10-15)22(2,21)16-11-7-4-8-12-16/h3-12,14H,13H2,1-2H3,(H,19,20)/t14-,22-/m1/s1. The predicted molar refractivity (Wildman–Crippen MR) is 88.7 cm³/mol. The maximum atomic E-state index is 13.3. The molecule has 0 fully saturated rings. The number of nitrogens with zero attached hydrogens (tertiary/aromatic N) is 1. The summed E-state index contributed by atoms with van der Waals surface area (Å²) in [5.74, 6) is -0.978. The van der Waals surface area contributed by atoms with Crippen LogP contribution < -0.4 is 5.30 Å². The lowest BCUT2D eigenvalue weighted by Crippen LogP contribution is -2.38. The van der Waals surface area contributed by atoms with Crippen LogP contribution in [0.1, 0.15) is 12.5 Å². The van der Waals surface area contributed by atoms with Gasteiger partial charge in [0, 0.05) is 18.5 Å². The quantitative estimate of drug-likeness (QED) is 0.831. The van der Waals surface area contributed by atoms with Crippen LogP contribution in [-0.4, -0.2) is 28.5 Å². The lowest BCUT2D eigenvalue weighted by Gasteiger charge is -2.32. The van der Waals surface area contributed by atoms with Gasteiger partial charge in [-0.3, -0.25) is 4.79 Å². The third-order valence-corrected chi connectivity index (χ3v) is 6.44. The molecule has 0 amide bonds. The van der Waals surface area contributed by atoms with Gasteiger partial charge in [-0.15, -0.1) is 0 Å². The van der Waals surface area contributed by atoms with Crippen molar-refractivity contribution in [3.63, 3.8) is 0 Å². The van der Waals surface area contributed by atoms with Gasteiger partial charge in [0.15, 0.2) is 7.29 Å². The molecule has 0 bridgehead atoms. The van der Waals surface area contributed by atoms with Crippen molar-refractivity contribution in [2.45, 2.75) is 19.5 Å². The lowest BCUT2D eigenvalue weighted by atomic mass is 10.2. The van der Waals surface area contributed by atoms with Crippen molar-refractivity contribution in [3.05, 3.63) is 66.2 Å². The van der Waals surface area contributed by atoms with Gasteiger partial charge in [0.25, 0.3) is 0 Å². The van der Waals surface area contributed by atoms with Crippen LogP contribution in [0.15, 0.2) is 60.7 Å². The molecule has 5 heteroatoms. The topological polar surface area (TPSA) is 57.6 Å². The van der Waals surface area contributed by atoms with Gasteiger partial charge in [0.1, 0.15) is 6.04 Å². The van der Waals surface area contributed by atoms with Crippen LogP contribution in [0.4, 0.5) is 0 Å². The highest BCUT2D eigenvalue weighted by molar-refractivity contribution is 7.68. The van der Waals surface area contributed by atoms with E-state index in [-0.39, 0.29) is 0 Å². The van der Waals surface area contributed by atoms with Crippen LogP contribution in [-0.2, 0) is 15.9 Å². The summed E-state index contributed by atoms with van der Waals surface area (Å²) < 4.78 is 14.9. The number of carboxylic acids is 1. The molecule has 2 rings (SSSR count). The van der Waals surface area contributed by atoms with E-state index in [2.05, 4.69) is 0 Å². The van der Waals surface area contributed by atoms with Crippen molar-refractivity contribution in [3.8, 4) is 0 Å². The van der Waals surface area contributed by atoms with Crippen LogP contribution in [0, 0.1) is 0 Å². The van der Waals surface area contributed by atoms with E-state index in [1.165, 1.54) is 0 Å². The molecule has 0 saturated heterocycles. The zero-order chi connectivity index (χ0) is 16.2. The van der Waals surface area contributed by atoms with E-state index in [1.807, 2.05) is 48.5 Å². The second-order valence-corrected chi connectivity index (χ2v) is 8.10. The molecule has 0 aliphatic heterocycles. The number of rotatable bonds is 6. The van der Waals surface area contributed by atoms with Crippen molar-refractivity contribution < 1.29 is 14.5 Å². The van der Waals surface area contributed by atoms with E-state index >= 15 is 0 Å². The Kier molecular flexibility index (Phi) is 5.17. The Morgan fingerprint density at radius 3 is 2.09 bits per heavy atom.